The smallest absolute Gasteiger partial charge is 0.341 e. The summed E-state index contributed by atoms with van der Waals surface area (Å²) in [7, 11) is -3.41. The highest BCUT2D eigenvalue weighted by Crippen LogP contribution is 2.32. The van der Waals surface area contributed by atoms with Gasteiger partial charge in [0.15, 0.2) is 6.61 Å². The number of nitrogens with zero attached hydrogens (tertiary/aromatic N) is 2. The van der Waals surface area contributed by atoms with Crippen LogP contribution in [0.3, 0.4) is 0 Å². The van der Waals surface area contributed by atoms with Gasteiger partial charge in [0.1, 0.15) is 5.75 Å². The predicted octanol–water partition coefficient (Wildman–Crippen LogP) is 2.46. The molecule has 1 aliphatic rings. The minimum absolute atomic E-state index is 0.0298. The zero-order valence-electron chi connectivity index (χ0n) is 15.1. The first-order chi connectivity index (χ1) is 13.3. The van der Waals surface area contributed by atoms with E-state index in [1.165, 1.54) is 4.31 Å². The first-order valence-electron chi connectivity index (χ1n) is 8.76. The number of hydrogen-bond donors (Lipinski definition) is 1. The van der Waals surface area contributed by atoms with E-state index in [2.05, 4.69) is 0 Å². The zero-order chi connectivity index (χ0) is 20.1. The summed E-state index contributed by atoms with van der Waals surface area (Å²) in [4.78, 5) is 12.7. The number of carbonyl (C=O) groups is 1. The van der Waals surface area contributed by atoms with Crippen LogP contribution < -0.4 is 9.64 Å². The third-order valence-electron chi connectivity index (χ3n) is 4.44. The van der Waals surface area contributed by atoms with Crippen LogP contribution in [0.5, 0.6) is 5.75 Å². The molecule has 1 saturated heterocycles. The van der Waals surface area contributed by atoms with Crippen LogP contribution in [-0.4, -0.2) is 56.6 Å². The minimum atomic E-state index is -3.41. The molecule has 0 aliphatic carbocycles. The molecule has 0 aromatic heterocycles. The van der Waals surface area contributed by atoms with Crippen molar-refractivity contribution in [1.82, 2.24) is 4.31 Å². The van der Waals surface area contributed by atoms with Crippen molar-refractivity contribution in [2.24, 2.45) is 0 Å². The average Bonchev–Trinajstić information content (AvgIpc) is 2.67. The SMILES string of the molecule is O=C(O)COc1ccc(Cl)cc1N1CCN(S(=O)(=O)Cc2ccccc2)CC1. The number of carboxylic acids is 1. The molecule has 7 nitrogen and oxygen atoms in total. The largest absolute Gasteiger partial charge is 0.480 e. The minimum Gasteiger partial charge on any atom is -0.480 e. The lowest BCUT2D eigenvalue weighted by molar-refractivity contribution is -0.139. The molecular formula is C19H21ClN2O5S. The molecule has 3 rings (SSSR count). The van der Waals surface area contributed by atoms with Crippen LogP contribution in [0.15, 0.2) is 48.5 Å². The maximum Gasteiger partial charge on any atom is 0.341 e. The lowest BCUT2D eigenvalue weighted by atomic mass is 10.2. The van der Waals surface area contributed by atoms with Gasteiger partial charge in [-0.05, 0) is 23.8 Å². The van der Waals surface area contributed by atoms with Crippen LogP contribution in [0.4, 0.5) is 5.69 Å². The van der Waals surface area contributed by atoms with Crippen molar-refractivity contribution in [2.45, 2.75) is 5.75 Å². The summed E-state index contributed by atoms with van der Waals surface area (Å²) in [5, 5.41) is 9.33. The van der Waals surface area contributed by atoms with Gasteiger partial charge >= 0.3 is 5.97 Å². The second kappa shape index (κ2) is 8.81. The van der Waals surface area contributed by atoms with Crippen LogP contribution in [0.1, 0.15) is 5.56 Å². The molecule has 28 heavy (non-hydrogen) atoms. The van der Waals surface area contributed by atoms with Crippen molar-refractivity contribution < 1.29 is 23.1 Å². The molecule has 1 N–H and O–H groups in total. The number of anilines is 1. The lowest BCUT2D eigenvalue weighted by Crippen LogP contribution is -2.49. The van der Waals surface area contributed by atoms with Crippen molar-refractivity contribution in [3.8, 4) is 5.75 Å². The van der Waals surface area contributed by atoms with Gasteiger partial charge in [0.25, 0.3) is 0 Å². The summed E-state index contributed by atoms with van der Waals surface area (Å²) in [6, 6.07) is 14.0. The standard InChI is InChI=1S/C19H21ClN2O5S/c20-16-6-7-18(27-13-19(23)24)17(12-16)21-8-10-22(11-9-21)28(25,26)14-15-4-2-1-3-5-15/h1-7,12H,8-11,13-14H2,(H,23,24). The van der Waals surface area contributed by atoms with Gasteiger partial charge in [-0.2, -0.15) is 4.31 Å². The predicted molar refractivity (Wildman–Crippen MR) is 107 cm³/mol. The van der Waals surface area contributed by atoms with Gasteiger partial charge < -0.3 is 14.7 Å². The van der Waals surface area contributed by atoms with Gasteiger partial charge in [-0.3, -0.25) is 0 Å². The number of ether oxygens (including phenoxy) is 1. The Morgan fingerprint density at radius 1 is 1.07 bits per heavy atom. The molecule has 2 aromatic carbocycles. The Morgan fingerprint density at radius 2 is 1.75 bits per heavy atom. The summed E-state index contributed by atoms with van der Waals surface area (Å²) in [5.74, 6) is -0.692. The molecule has 0 amide bonds. The number of rotatable bonds is 7. The Balaban J connectivity index is 1.68. The molecule has 0 bridgehead atoms. The molecule has 1 aliphatic heterocycles. The zero-order valence-corrected chi connectivity index (χ0v) is 16.7. The summed E-state index contributed by atoms with van der Waals surface area (Å²) in [5.41, 5.74) is 1.41. The maximum atomic E-state index is 12.7. The van der Waals surface area contributed by atoms with Gasteiger partial charge in [-0.25, -0.2) is 13.2 Å². The van der Waals surface area contributed by atoms with E-state index >= 15 is 0 Å². The van der Waals surface area contributed by atoms with Crippen molar-refractivity contribution in [3.05, 3.63) is 59.1 Å². The highest BCUT2D eigenvalue weighted by atomic mass is 35.5. The Labute approximate surface area is 169 Å². The van der Waals surface area contributed by atoms with E-state index in [0.717, 1.165) is 5.56 Å². The topological polar surface area (TPSA) is 87.2 Å². The lowest BCUT2D eigenvalue weighted by Gasteiger charge is -2.36. The quantitative estimate of drug-likeness (QED) is 0.734. The van der Waals surface area contributed by atoms with Gasteiger partial charge in [0.2, 0.25) is 10.0 Å². The first-order valence-corrected chi connectivity index (χ1v) is 10.7. The average molecular weight is 425 g/mol. The Bertz CT molecular complexity index is 929. The van der Waals surface area contributed by atoms with Crippen molar-refractivity contribution >= 4 is 33.3 Å². The van der Waals surface area contributed by atoms with Gasteiger partial charge in [0, 0.05) is 31.2 Å². The van der Waals surface area contributed by atoms with E-state index < -0.39 is 22.6 Å². The van der Waals surface area contributed by atoms with E-state index in [9.17, 15) is 13.2 Å². The van der Waals surface area contributed by atoms with Gasteiger partial charge in [0.05, 0.1) is 11.4 Å². The van der Waals surface area contributed by atoms with Crippen molar-refractivity contribution in [2.75, 3.05) is 37.7 Å². The summed E-state index contributed by atoms with van der Waals surface area (Å²) >= 11 is 6.09. The van der Waals surface area contributed by atoms with Gasteiger partial charge in [-0.15, -0.1) is 0 Å². The van der Waals surface area contributed by atoms with Crippen LogP contribution >= 0.6 is 11.6 Å². The molecule has 2 aromatic rings. The number of halogens is 1. The second-order valence-electron chi connectivity index (χ2n) is 6.42. The van der Waals surface area contributed by atoms with Crippen LogP contribution in [0.25, 0.3) is 0 Å². The monoisotopic (exact) mass is 424 g/mol. The van der Waals surface area contributed by atoms with Crippen molar-refractivity contribution in [1.29, 1.82) is 0 Å². The number of sulfonamides is 1. The van der Waals surface area contributed by atoms with Gasteiger partial charge in [-0.1, -0.05) is 41.9 Å². The molecule has 1 heterocycles. The van der Waals surface area contributed by atoms with Crippen LogP contribution in [0, 0.1) is 0 Å². The van der Waals surface area contributed by atoms with E-state index in [1.807, 2.05) is 23.1 Å². The number of hydrogen-bond acceptors (Lipinski definition) is 5. The molecule has 0 radical (unpaired) electrons. The molecule has 0 atom stereocenters. The van der Waals surface area contributed by atoms with E-state index in [0.29, 0.717) is 42.6 Å². The summed E-state index contributed by atoms with van der Waals surface area (Å²) in [6.07, 6.45) is 0. The highest BCUT2D eigenvalue weighted by molar-refractivity contribution is 7.88. The normalized spacial score (nSPS) is 15.4. The maximum absolute atomic E-state index is 12.7. The second-order valence-corrected chi connectivity index (χ2v) is 8.83. The molecule has 1 fully saturated rings. The van der Waals surface area contributed by atoms with Crippen LogP contribution in [0.2, 0.25) is 5.02 Å². The fourth-order valence-corrected chi connectivity index (χ4v) is 4.76. The highest BCUT2D eigenvalue weighted by Gasteiger charge is 2.28. The Morgan fingerprint density at radius 3 is 2.39 bits per heavy atom. The Hall–Kier alpha value is -2.29. The summed E-state index contributed by atoms with van der Waals surface area (Å²) < 4.78 is 32.2. The fourth-order valence-electron chi connectivity index (χ4n) is 3.08. The fraction of sp³-hybridized carbons (Fsp3) is 0.316. The molecule has 0 saturated carbocycles. The third kappa shape index (κ3) is 5.15. The molecule has 150 valence electrons. The third-order valence-corrected chi connectivity index (χ3v) is 6.52. The van der Waals surface area contributed by atoms with Crippen molar-refractivity contribution in [3.63, 3.8) is 0 Å². The molecule has 0 spiro atoms. The molecule has 0 unspecified atom stereocenters. The van der Waals surface area contributed by atoms with Crippen LogP contribution in [-0.2, 0) is 20.6 Å². The number of aliphatic carboxylic acids is 1. The van der Waals surface area contributed by atoms with E-state index in [4.69, 9.17) is 21.4 Å². The van der Waals surface area contributed by atoms with E-state index in [1.54, 1.807) is 30.3 Å². The molecular weight excluding hydrogens is 404 g/mol. The number of benzene rings is 2. The molecule has 9 heteroatoms. The first kappa shape index (κ1) is 20.4. The van der Waals surface area contributed by atoms with E-state index in [-0.39, 0.29) is 5.75 Å². The summed E-state index contributed by atoms with van der Waals surface area (Å²) in [6.45, 7) is 1.12. The Kier molecular flexibility index (Phi) is 6.43. The number of carboxylic acid groups (broad SMARTS) is 1. The number of piperazine rings is 1.